The van der Waals surface area contributed by atoms with E-state index in [9.17, 15) is 13.6 Å². The Morgan fingerprint density at radius 1 is 1.35 bits per heavy atom. The van der Waals surface area contributed by atoms with Crippen LogP contribution in [0.4, 0.5) is 8.78 Å². The van der Waals surface area contributed by atoms with Gasteiger partial charge in [-0.1, -0.05) is 6.07 Å². The highest BCUT2D eigenvalue weighted by molar-refractivity contribution is 5.69. The van der Waals surface area contributed by atoms with E-state index in [-0.39, 0.29) is 24.5 Å². The maximum Gasteiger partial charge on any atom is 0.306 e. The van der Waals surface area contributed by atoms with Gasteiger partial charge in [0, 0.05) is 18.7 Å². The van der Waals surface area contributed by atoms with Gasteiger partial charge in [0.1, 0.15) is 11.6 Å². The molecule has 0 saturated heterocycles. The van der Waals surface area contributed by atoms with Gasteiger partial charge in [-0.2, -0.15) is 0 Å². The molecule has 0 N–H and O–H groups in total. The standard InChI is InChI=1S/C12H15F2NO2/c1-15(7-6-12(16)17-2)8-9-10(13)4-3-5-11(9)14/h3-5H,6-8H2,1-2H3. The number of carbonyl (C=O) groups excluding carboxylic acids is 1. The molecule has 0 aromatic heterocycles. The molecular formula is C12H15F2NO2. The van der Waals surface area contributed by atoms with Gasteiger partial charge in [-0.05, 0) is 19.2 Å². The van der Waals surface area contributed by atoms with E-state index in [0.29, 0.717) is 6.54 Å². The Morgan fingerprint density at radius 3 is 2.47 bits per heavy atom. The molecule has 0 heterocycles. The summed E-state index contributed by atoms with van der Waals surface area (Å²) in [7, 11) is 2.99. The van der Waals surface area contributed by atoms with E-state index >= 15 is 0 Å². The lowest BCUT2D eigenvalue weighted by Crippen LogP contribution is -2.23. The molecule has 1 rings (SSSR count). The lowest BCUT2D eigenvalue weighted by molar-refractivity contribution is -0.140. The van der Waals surface area contributed by atoms with E-state index in [1.54, 1.807) is 11.9 Å². The Balaban J connectivity index is 2.56. The molecule has 0 aliphatic rings. The molecule has 0 spiro atoms. The number of rotatable bonds is 5. The van der Waals surface area contributed by atoms with Crippen molar-refractivity contribution in [1.29, 1.82) is 0 Å². The van der Waals surface area contributed by atoms with Crippen molar-refractivity contribution in [3.63, 3.8) is 0 Å². The molecule has 0 saturated carbocycles. The molecule has 0 amide bonds. The number of halogens is 2. The van der Waals surface area contributed by atoms with Crippen molar-refractivity contribution < 1.29 is 18.3 Å². The first-order chi connectivity index (χ1) is 8.04. The molecule has 0 atom stereocenters. The number of ether oxygens (including phenoxy) is 1. The van der Waals surface area contributed by atoms with Gasteiger partial charge in [0.25, 0.3) is 0 Å². The third kappa shape index (κ3) is 4.11. The molecule has 0 unspecified atom stereocenters. The second-order valence-corrected chi connectivity index (χ2v) is 3.76. The molecule has 0 aliphatic heterocycles. The number of carbonyl (C=O) groups is 1. The maximum absolute atomic E-state index is 13.3. The van der Waals surface area contributed by atoms with Gasteiger partial charge in [0.05, 0.1) is 13.5 Å². The Labute approximate surface area is 99.0 Å². The van der Waals surface area contributed by atoms with Crippen LogP contribution >= 0.6 is 0 Å². The minimum absolute atomic E-state index is 0.0138. The van der Waals surface area contributed by atoms with Crippen molar-refractivity contribution in [2.45, 2.75) is 13.0 Å². The van der Waals surface area contributed by atoms with E-state index in [4.69, 9.17) is 0 Å². The summed E-state index contributed by atoms with van der Waals surface area (Å²) in [5.41, 5.74) is 0.0138. The summed E-state index contributed by atoms with van der Waals surface area (Å²) in [6.45, 7) is 0.510. The van der Waals surface area contributed by atoms with Crippen molar-refractivity contribution in [3.05, 3.63) is 35.4 Å². The van der Waals surface area contributed by atoms with Crippen LogP contribution in [-0.2, 0) is 16.1 Å². The number of hydrogen-bond donors (Lipinski definition) is 0. The van der Waals surface area contributed by atoms with Crippen LogP contribution in [0.15, 0.2) is 18.2 Å². The lowest BCUT2D eigenvalue weighted by atomic mass is 10.2. The maximum atomic E-state index is 13.3. The molecule has 17 heavy (non-hydrogen) atoms. The summed E-state index contributed by atoms with van der Waals surface area (Å²) in [5.74, 6) is -1.49. The molecule has 0 aliphatic carbocycles. The molecule has 1 aromatic rings. The number of esters is 1. The highest BCUT2D eigenvalue weighted by atomic mass is 19.1. The number of methoxy groups -OCH3 is 1. The molecule has 5 heteroatoms. The van der Waals surface area contributed by atoms with Gasteiger partial charge in [-0.3, -0.25) is 4.79 Å². The van der Waals surface area contributed by atoms with Crippen LogP contribution in [0.2, 0.25) is 0 Å². The lowest BCUT2D eigenvalue weighted by Gasteiger charge is -2.16. The molecule has 94 valence electrons. The SMILES string of the molecule is COC(=O)CCN(C)Cc1c(F)cccc1F. The molecule has 3 nitrogen and oxygen atoms in total. The summed E-state index contributed by atoms with van der Waals surface area (Å²) >= 11 is 0. The van der Waals surface area contributed by atoms with E-state index in [1.165, 1.54) is 25.3 Å². The summed E-state index contributed by atoms with van der Waals surface area (Å²) < 4.78 is 31.1. The molecule has 0 bridgehead atoms. The van der Waals surface area contributed by atoms with Crippen molar-refractivity contribution in [3.8, 4) is 0 Å². The van der Waals surface area contributed by atoms with Crippen LogP contribution < -0.4 is 0 Å². The topological polar surface area (TPSA) is 29.5 Å². The summed E-state index contributed by atoms with van der Waals surface area (Å²) in [5, 5.41) is 0. The van der Waals surface area contributed by atoms with Gasteiger partial charge < -0.3 is 9.64 Å². The third-order valence-corrected chi connectivity index (χ3v) is 2.42. The van der Waals surface area contributed by atoms with Crippen molar-refractivity contribution >= 4 is 5.97 Å². The minimum Gasteiger partial charge on any atom is -0.469 e. The third-order valence-electron chi connectivity index (χ3n) is 2.42. The zero-order chi connectivity index (χ0) is 12.8. The second kappa shape index (κ2) is 6.30. The van der Waals surface area contributed by atoms with Crippen LogP contribution in [-0.4, -0.2) is 31.6 Å². The Morgan fingerprint density at radius 2 is 1.94 bits per heavy atom. The van der Waals surface area contributed by atoms with E-state index in [1.807, 2.05) is 0 Å². The van der Waals surface area contributed by atoms with Gasteiger partial charge in [-0.15, -0.1) is 0 Å². The molecule has 1 aromatic carbocycles. The van der Waals surface area contributed by atoms with Crippen LogP contribution in [0.25, 0.3) is 0 Å². The monoisotopic (exact) mass is 243 g/mol. The quantitative estimate of drug-likeness (QED) is 0.740. The normalized spacial score (nSPS) is 10.6. The minimum atomic E-state index is -0.574. The first-order valence-electron chi connectivity index (χ1n) is 5.23. The largest absolute Gasteiger partial charge is 0.469 e. The van der Waals surface area contributed by atoms with E-state index in [2.05, 4.69) is 4.74 Å². The number of nitrogens with zero attached hydrogens (tertiary/aromatic N) is 1. The predicted molar refractivity (Wildman–Crippen MR) is 59.3 cm³/mol. The van der Waals surface area contributed by atoms with Crippen molar-refractivity contribution in [2.24, 2.45) is 0 Å². The zero-order valence-electron chi connectivity index (χ0n) is 9.87. The first-order valence-corrected chi connectivity index (χ1v) is 5.23. The zero-order valence-corrected chi connectivity index (χ0v) is 9.87. The summed E-state index contributed by atoms with van der Waals surface area (Å²) in [4.78, 5) is 12.6. The van der Waals surface area contributed by atoms with Crippen LogP contribution in [0.3, 0.4) is 0 Å². The van der Waals surface area contributed by atoms with Crippen molar-refractivity contribution in [2.75, 3.05) is 20.7 Å². The Bertz CT molecular complexity index is 376. The summed E-state index contributed by atoms with van der Waals surface area (Å²) in [6, 6.07) is 3.75. The highest BCUT2D eigenvalue weighted by Crippen LogP contribution is 2.13. The smallest absolute Gasteiger partial charge is 0.306 e. The van der Waals surface area contributed by atoms with Gasteiger partial charge >= 0.3 is 5.97 Å². The highest BCUT2D eigenvalue weighted by Gasteiger charge is 2.11. The average molecular weight is 243 g/mol. The van der Waals surface area contributed by atoms with Gasteiger partial charge in [0.15, 0.2) is 0 Å². The Kier molecular flexibility index (Phi) is 5.03. The van der Waals surface area contributed by atoms with Crippen LogP contribution in [0.1, 0.15) is 12.0 Å². The molecular weight excluding hydrogens is 228 g/mol. The van der Waals surface area contributed by atoms with E-state index in [0.717, 1.165) is 0 Å². The van der Waals surface area contributed by atoms with E-state index < -0.39 is 11.6 Å². The second-order valence-electron chi connectivity index (χ2n) is 3.76. The van der Waals surface area contributed by atoms with Crippen LogP contribution in [0.5, 0.6) is 0 Å². The Hall–Kier alpha value is -1.49. The number of hydrogen-bond acceptors (Lipinski definition) is 3. The fraction of sp³-hybridized carbons (Fsp3) is 0.417. The van der Waals surface area contributed by atoms with Crippen molar-refractivity contribution in [1.82, 2.24) is 4.90 Å². The molecule has 0 radical (unpaired) electrons. The van der Waals surface area contributed by atoms with Crippen LogP contribution in [0, 0.1) is 11.6 Å². The average Bonchev–Trinajstić information content (AvgIpc) is 2.31. The fourth-order valence-electron chi connectivity index (χ4n) is 1.42. The number of benzene rings is 1. The molecule has 0 fully saturated rings. The van der Waals surface area contributed by atoms with Gasteiger partial charge in [0.2, 0.25) is 0 Å². The summed E-state index contributed by atoms with van der Waals surface area (Å²) in [6.07, 6.45) is 0.197. The first kappa shape index (κ1) is 13.6. The predicted octanol–water partition coefficient (Wildman–Crippen LogP) is 1.96. The van der Waals surface area contributed by atoms with Gasteiger partial charge in [-0.25, -0.2) is 8.78 Å². The fourth-order valence-corrected chi connectivity index (χ4v) is 1.42.